The number of nitrogens with zero attached hydrogens (tertiary/aromatic N) is 2. The summed E-state index contributed by atoms with van der Waals surface area (Å²) >= 11 is 0. The summed E-state index contributed by atoms with van der Waals surface area (Å²) in [5.41, 5.74) is 0. The highest BCUT2D eigenvalue weighted by Crippen LogP contribution is 2.43. The number of carbonyl (C=O) groups is 1. The molecule has 0 N–H and O–H groups in total. The molecule has 4 fully saturated rings. The summed E-state index contributed by atoms with van der Waals surface area (Å²) in [5.74, 6) is 1.63. The van der Waals surface area contributed by atoms with Crippen molar-refractivity contribution in [3.63, 3.8) is 0 Å². The van der Waals surface area contributed by atoms with Gasteiger partial charge in [0.1, 0.15) is 0 Å². The topological polar surface area (TPSA) is 23.6 Å². The quantitative estimate of drug-likeness (QED) is 0.653. The molecule has 0 radical (unpaired) electrons. The van der Waals surface area contributed by atoms with Crippen LogP contribution >= 0.6 is 0 Å². The van der Waals surface area contributed by atoms with E-state index in [0.717, 1.165) is 12.5 Å². The molecule has 0 aliphatic carbocycles. The van der Waals surface area contributed by atoms with E-state index in [0.29, 0.717) is 23.9 Å². The number of piperidine rings is 4. The smallest absolute Gasteiger partial charge is 0.227 e. The molecule has 4 atom stereocenters. The van der Waals surface area contributed by atoms with Gasteiger partial charge >= 0.3 is 0 Å². The lowest BCUT2D eigenvalue weighted by atomic mass is 9.70. The fourth-order valence-electron chi connectivity index (χ4n) is 5.04. The number of amides is 1. The first-order chi connectivity index (χ1) is 8.84. The highest BCUT2D eigenvalue weighted by Gasteiger charge is 2.50. The molecule has 18 heavy (non-hydrogen) atoms. The van der Waals surface area contributed by atoms with E-state index in [9.17, 15) is 4.79 Å². The van der Waals surface area contributed by atoms with Crippen LogP contribution in [-0.4, -0.2) is 47.4 Å². The van der Waals surface area contributed by atoms with Crippen molar-refractivity contribution in [2.75, 3.05) is 19.6 Å². The lowest BCUT2D eigenvalue weighted by Crippen LogP contribution is -2.65. The van der Waals surface area contributed by atoms with Gasteiger partial charge in [-0.3, -0.25) is 9.69 Å². The lowest BCUT2D eigenvalue weighted by Gasteiger charge is -2.56. The zero-order valence-electron chi connectivity index (χ0n) is 11.2. The van der Waals surface area contributed by atoms with Crippen molar-refractivity contribution >= 4 is 5.91 Å². The van der Waals surface area contributed by atoms with Crippen LogP contribution in [0.2, 0.25) is 0 Å². The molecule has 0 aromatic carbocycles. The Labute approximate surface area is 110 Å². The van der Waals surface area contributed by atoms with E-state index in [1.807, 2.05) is 0 Å². The van der Waals surface area contributed by atoms with Gasteiger partial charge in [0.2, 0.25) is 5.91 Å². The average Bonchev–Trinajstić information content (AvgIpc) is 2.44. The van der Waals surface area contributed by atoms with E-state index in [1.54, 1.807) is 0 Å². The van der Waals surface area contributed by atoms with Crippen molar-refractivity contribution in [3.8, 4) is 0 Å². The molecule has 4 aliphatic rings. The Morgan fingerprint density at radius 1 is 0.944 bits per heavy atom. The Bertz CT molecular complexity index is 354. The van der Waals surface area contributed by atoms with E-state index in [2.05, 4.69) is 9.80 Å². The van der Waals surface area contributed by atoms with Gasteiger partial charge in [0, 0.05) is 25.2 Å². The normalized spacial score (nSPS) is 44.4. The molecule has 4 saturated heterocycles. The third-order valence-electron chi connectivity index (χ3n) is 5.85. The predicted molar refractivity (Wildman–Crippen MR) is 70.2 cm³/mol. The maximum atomic E-state index is 12.7. The molecule has 0 aromatic heterocycles. The zero-order chi connectivity index (χ0) is 12.1. The molecule has 0 saturated carbocycles. The van der Waals surface area contributed by atoms with Gasteiger partial charge in [0.05, 0.1) is 5.92 Å². The molecular formula is C15H24N2O. The summed E-state index contributed by atoms with van der Waals surface area (Å²) in [6, 6.07) is 1.18. The minimum Gasteiger partial charge on any atom is -0.339 e. The van der Waals surface area contributed by atoms with Crippen molar-refractivity contribution in [3.05, 3.63) is 0 Å². The van der Waals surface area contributed by atoms with Gasteiger partial charge in [-0.2, -0.15) is 0 Å². The van der Waals surface area contributed by atoms with Crippen LogP contribution in [0, 0.1) is 11.8 Å². The summed E-state index contributed by atoms with van der Waals surface area (Å²) < 4.78 is 0. The molecule has 3 nitrogen and oxygen atoms in total. The first kappa shape index (κ1) is 11.3. The monoisotopic (exact) mass is 248 g/mol. The second-order valence-corrected chi connectivity index (χ2v) is 6.76. The third kappa shape index (κ3) is 1.56. The van der Waals surface area contributed by atoms with E-state index in [-0.39, 0.29) is 0 Å². The summed E-state index contributed by atoms with van der Waals surface area (Å²) in [5, 5.41) is 0. The van der Waals surface area contributed by atoms with Crippen molar-refractivity contribution < 1.29 is 4.79 Å². The molecular weight excluding hydrogens is 224 g/mol. The SMILES string of the molecule is O=C1[C@@H]2C[C@H](CN3CCCCC23)[C@H]2CCCCN12. The predicted octanol–water partition coefficient (Wildman–Crippen LogP) is 1.87. The minimum absolute atomic E-state index is 0.346. The zero-order valence-corrected chi connectivity index (χ0v) is 11.2. The van der Waals surface area contributed by atoms with Gasteiger partial charge in [0.25, 0.3) is 0 Å². The molecule has 3 heteroatoms. The number of hydrogen-bond acceptors (Lipinski definition) is 2. The maximum Gasteiger partial charge on any atom is 0.227 e. The van der Waals surface area contributed by atoms with Gasteiger partial charge in [-0.25, -0.2) is 0 Å². The fourth-order valence-corrected chi connectivity index (χ4v) is 5.04. The van der Waals surface area contributed by atoms with Crippen LogP contribution in [0.3, 0.4) is 0 Å². The maximum absolute atomic E-state index is 12.7. The average molecular weight is 248 g/mol. The largest absolute Gasteiger partial charge is 0.339 e. The van der Waals surface area contributed by atoms with Crippen LogP contribution < -0.4 is 0 Å². The Hall–Kier alpha value is -0.570. The van der Waals surface area contributed by atoms with Gasteiger partial charge in [0.15, 0.2) is 0 Å². The molecule has 4 heterocycles. The number of hydrogen-bond donors (Lipinski definition) is 0. The standard InChI is InChI=1S/C15H24N2O/c18-15-12-9-11(13-5-2-4-8-17(13)15)10-16-7-3-1-6-14(12)16/h11-14H,1-10H2/t11-,12-,13-,14?/m1/s1. The highest BCUT2D eigenvalue weighted by atomic mass is 16.2. The molecule has 0 spiro atoms. The van der Waals surface area contributed by atoms with Crippen LogP contribution in [-0.2, 0) is 4.79 Å². The van der Waals surface area contributed by atoms with Crippen molar-refractivity contribution in [2.24, 2.45) is 11.8 Å². The van der Waals surface area contributed by atoms with Crippen LogP contribution in [0.15, 0.2) is 0 Å². The molecule has 2 bridgehead atoms. The highest BCUT2D eigenvalue weighted by molar-refractivity contribution is 5.81. The molecule has 100 valence electrons. The van der Waals surface area contributed by atoms with Crippen molar-refractivity contribution in [1.82, 2.24) is 9.80 Å². The number of rotatable bonds is 0. The Morgan fingerprint density at radius 3 is 2.61 bits per heavy atom. The summed E-state index contributed by atoms with van der Waals surface area (Å²) in [7, 11) is 0. The molecule has 4 rings (SSSR count). The second-order valence-electron chi connectivity index (χ2n) is 6.76. The van der Waals surface area contributed by atoms with Gasteiger partial charge in [-0.05, 0) is 51.0 Å². The minimum atomic E-state index is 0.346. The summed E-state index contributed by atoms with van der Waals surface area (Å²) in [6.45, 7) is 3.57. The first-order valence-electron chi connectivity index (χ1n) is 7.89. The first-order valence-corrected chi connectivity index (χ1v) is 7.89. The van der Waals surface area contributed by atoms with Gasteiger partial charge in [-0.1, -0.05) is 6.42 Å². The number of fused-ring (bicyclic) bond motifs is 6. The van der Waals surface area contributed by atoms with Crippen LogP contribution in [0.5, 0.6) is 0 Å². The Balaban J connectivity index is 1.63. The van der Waals surface area contributed by atoms with Crippen molar-refractivity contribution in [1.29, 1.82) is 0 Å². The van der Waals surface area contributed by atoms with Crippen molar-refractivity contribution in [2.45, 2.75) is 57.0 Å². The third-order valence-corrected chi connectivity index (χ3v) is 5.85. The van der Waals surface area contributed by atoms with Crippen LogP contribution in [0.1, 0.15) is 44.9 Å². The molecule has 1 unspecified atom stereocenters. The molecule has 0 aromatic rings. The van der Waals surface area contributed by atoms with Gasteiger partial charge in [-0.15, -0.1) is 0 Å². The van der Waals surface area contributed by atoms with Gasteiger partial charge < -0.3 is 4.90 Å². The Morgan fingerprint density at radius 2 is 1.72 bits per heavy atom. The van der Waals surface area contributed by atoms with E-state index >= 15 is 0 Å². The summed E-state index contributed by atoms with van der Waals surface area (Å²) in [4.78, 5) is 17.7. The van der Waals surface area contributed by atoms with Crippen LogP contribution in [0.25, 0.3) is 0 Å². The van der Waals surface area contributed by atoms with Crippen LogP contribution in [0.4, 0.5) is 0 Å². The number of carbonyl (C=O) groups excluding carboxylic acids is 1. The summed E-state index contributed by atoms with van der Waals surface area (Å²) in [6.07, 6.45) is 8.97. The van der Waals surface area contributed by atoms with E-state index in [1.165, 1.54) is 58.0 Å². The lowest BCUT2D eigenvalue weighted by molar-refractivity contribution is -0.158. The fraction of sp³-hybridized carbons (Fsp3) is 0.933. The Kier molecular flexibility index (Phi) is 2.65. The van der Waals surface area contributed by atoms with E-state index in [4.69, 9.17) is 0 Å². The molecule has 1 amide bonds. The second kappa shape index (κ2) is 4.22. The molecule has 4 aliphatic heterocycles. The van der Waals surface area contributed by atoms with E-state index < -0.39 is 0 Å².